The molecule has 1 aliphatic carbocycles. The summed E-state index contributed by atoms with van der Waals surface area (Å²) in [6.45, 7) is 10.4. The van der Waals surface area contributed by atoms with Crippen LogP contribution in [0.4, 0.5) is 21.9 Å². The number of nitro groups is 1. The Morgan fingerprint density at radius 1 is 1.43 bits per heavy atom. The van der Waals surface area contributed by atoms with Crippen molar-refractivity contribution in [3.8, 4) is 0 Å². The lowest BCUT2D eigenvalue weighted by Gasteiger charge is -2.33. The molecule has 0 bridgehead atoms. The van der Waals surface area contributed by atoms with Crippen LogP contribution < -0.4 is 11.1 Å². The third-order valence-electron chi connectivity index (χ3n) is 5.61. The summed E-state index contributed by atoms with van der Waals surface area (Å²) in [6, 6.07) is 3.81. The first-order valence-corrected chi connectivity index (χ1v) is 9.58. The molecule has 1 aromatic carbocycles. The fourth-order valence-corrected chi connectivity index (χ4v) is 4.45. The summed E-state index contributed by atoms with van der Waals surface area (Å²) < 4.78 is 5.55. The lowest BCUT2D eigenvalue weighted by atomic mass is 10.0. The van der Waals surface area contributed by atoms with Gasteiger partial charge in [-0.15, -0.1) is 0 Å². The van der Waals surface area contributed by atoms with Crippen LogP contribution in [0.5, 0.6) is 0 Å². The minimum absolute atomic E-state index is 0.0726. The number of hydrogen-bond acceptors (Lipinski definition) is 6. The summed E-state index contributed by atoms with van der Waals surface area (Å²) in [7, 11) is 0. The van der Waals surface area contributed by atoms with Gasteiger partial charge in [0.15, 0.2) is 0 Å². The number of amides is 1. The Kier molecular flexibility index (Phi) is 4.77. The standard InChI is InChI=1S/C19H26N4O4S/c1-18(2,3)27-17(24)22-9-11-14(19(11,4)5)15(22)16(28)21-13-8-10(23(25)26)6-7-12(13)20/h6-8,11,14-15H,9,20H2,1-5H3,(H,21,28)/t11-,14-,15-/m0/s1. The van der Waals surface area contributed by atoms with Gasteiger partial charge in [0, 0.05) is 18.7 Å². The molecule has 9 heteroatoms. The number of nitrogens with zero attached hydrogens (tertiary/aromatic N) is 2. The number of thiocarbonyl (C=S) groups is 1. The van der Waals surface area contributed by atoms with Gasteiger partial charge < -0.3 is 15.8 Å². The van der Waals surface area contributed by atoms with Gasteiger partial charge in [-0.1, -0.05) is 26.1 Å². The van der Waals surface area contributed by atoms with Crippen LogP contribution >= 0.6 is 12.2 Å². The number of nitro benzene ring substituents is 1. The largest absolute Gasteiger partial charge is 0.444 e. The molecule has 3 atom stereocenters. The van der Waals surface area contributed by atoms with Crippen molar-refractivity contribution < 1.29 is 14.5 Å². The van der Waals surface area contributed by atoms with Gasteiger partial charge in [0.25, 0.3) is 5.69 Å². The van der Waals surface area contributed by atoms with E-state index < -0.39 is 16.6 Å². The predicted octanol–water partition coefficient (Wildman–Crippen LogP) is 3.81. The molecule has 1 heterocycles. The van der Waals surface area contributed by atoms with E-state index >= 15 is 0 Å². The lowest BCUT2D eigenvalue weighted by molar-refractivity contribution is -0.384. The number of nitrogens with one attached hydrogen (secondary N) is 1. The molecule has 1 aromatic rings. The van der Waals surface area contributed by atoms with Gasteiger partial charge >= 0.3 is 6.09 Å². The molecule has 0 aromatic heterocycles. The van der Waals surface area contributed by atoms with Crippen molar-refractivity contribution in [3.05, 3.63) is 28.3 Å². The molecular weight excluding hydrogens is 380 g/mol. The van der Waals surface area contributed by atoms with Crippen molar-refractivity contribution in [2.24, 2.45) is 17.3 Å². The molecule has 1 aliphatic heterocycles. The van der Waals surface area contributed by atoms with Crippen molar-refractivity contribution in [2.75, 3.05) is 17.6 Å². The zero-order chi connectivity index (χ0) is 21.0. The van der Waals surface area contributed by atoms with Crippen molar-refractivity contribution in [2.45, 2.75) is 46.3 Å². The van der Waals surface area contributed by atoms with E-state index in [1.807, 2.05) is 20.8 Å². The molecule has 1 amide bonds. The normalized spacial score (nSPS) is 25.0. The topological polar surface area (TPSA) is 111 Å². The zero-order valence-corrected chi connectivity index (χ0v) is 17.5. The summed E-state index contributed by atoms with van der Waals surface area (Å²) in [5.41, 5.74) is 6.06. The number of carbonyl (C=O) groups is 1. The molecule has 3 N–H and O–H groups in total. The minimum atomic E-state index is -0.608. The third kappa shape index (κ3) is 3.63. The number of non-ortho nitro benzene ring substituents is 1. The molecule has 0 unspecified atom stereocenters. The highest BCUT2D eigenvalue weighted by atomic mass is 32.1. The number of fused-ring (bicyclic) bond motifs is 1. The number of nitrogen functional groups attached to an aromatic ring is 1. The van der Waals surface area contributed by atoms with E-state index in [1.165, 1.54) is 18.2 Å². The second-order valence-corrected chi connectivity index (χ2v) is 9.49. The first kappa shape index (κ1) is 20.3. The summed E-state index contributed by atoms with van der Waals surface area (Å²) in [5.74, 6) is 0.548. The van der Waals surface area contributed by atoms with E-state index in [4.69, 9.17) is 22.7 Å². The Morgan fingerprint density at radius 2 is 2.07 bits per heavy atom. The smallest absolute Gasteiger partial charge is 0.410 e. The molecular formula is C19H26N4O4S. The second kappa shape index (κ2) is 6.58. The van der Waals surface area contributed by atoms with Crippen LogP contribution in [0.25, 0.3) is 0 Å². The number of anilines is 2. The highest BCUT2D eigenvalue weighted by molar-refractivity contribution is 7.80. The average molecular weight is 407 g/mol. The maximum Gasteiger partial charge on any atom is 0.410 e. The summed E-state index contributed by atoms with van der Waals surface area (Å²) in [5, 5.41) is 14.1. The monoisotopic (exact) mass is 406 g/mol. The molecule has 0 spiro atoms. The van der Waals surface area contributed by atoms with Crippen LogP contribution in [0, 0.1) is 27.4 Å². The van der Waals surface area contributed by atoms with Gasteiger partial charge in [0.1, 0.15) is 10.6 Å². The van der Waals surface area contributed by atoms with Gasteiger partial charge in [0.05, 0.1) is 22.3 Å². The van der Waals surface area contributed by atoms with Crippen molar-refractivity contribution in [3.63, 3.8) is 0 Å². The summed E-state index contributed by atoms with van der Waals surface area (Å²) >= 11 is 5.62. The molecule has 1 saturated carbocycles. The van der Waals surface area contributed by atoms with Crippen molar-refractivity contribution in [1.82, 2.24) is 4.90 Å². The van der Waals surface area contributed by atoms with Gasteiger partial charge in [-0.3, -0.25) is 15.0 Å². The summed E-state index contributed by atoms with van der Waals surface area (Å²) in [6.07, 6.45) is -0.406. The van der Waals surface area contributed by atoms with E-state index in [9.17, 15) is 14.9 Å². The van der Waals surface area contributed by atoms with Crippen LogP contribution in [-0.4, -0.2) is 39.1 Å². The molecule has 152 valence electrons. The maximum atomic E-state index is 12.7. The summed E-state index contributed by atoms with van der Waals surface area (Å²) in [4.78, 5) is 25.4. The number of carbonyl (C=O) groups excluding carboxylic acids is 1. The van der Waals surface area contributed by atoms with Crippen LogP contribution in [0.15, 0.2) is 18.2 Å². The average Bonchev–Trinajstić information content (AvgIpc) is 2.92. The Hall–Kier alpha value is -2.42. The van der Waals surface area contributed by atoms with Gasteiger partial charge in [-0.05, 0) is 44.1 Å². The number of likely N-dealkylation sites (tertiary alicyclic amines) is 1. The predicted molar refractivity (Wildman–Crippen MR) is 111 cm³/mol. The fraction of sp³-hybridized carbons (Fsp3) is 0.579. The first-order chi connectivity index (χ1) is 12.8. The zero-order valence-electron chi connectivity index (χ0n) is 16.7. The highest BCUT2D eigenvalue weighted by Gasteiger charge is 2.68. The quantitative estimate of drug-likeness (QED) is 0.340. The van der Waals surface area contributed by atoms with Crippen molar-refractivity contribution >= 4 is 40.4 Å². The maximum absolute atomic E-state index is 12.7. The highest BCUT2D eigenvalue weighted by Crippen LogP contribution is 2.65. The minimum Gasteiger partial charge on any atom is -0.444 e. The van der Waals surface area contributed by atoms with Crippen molar-refractivity contribution in [1.29, 1.82) is 0 Å². The van der Waals surface area contributed by atoms with Crippen LogP contribution in [0.2, 0.25) is 0 Å². The number of rotatable bonds is 3. The fourth-order valence-electron chi connectivity index (χ4n) is 4.07. The first-order valence-electron chi connectivity index (χ1n) is 9.17. The molecule has 2 aliphatic rings. The number of piperidine rings is 1. The Labute approximate surface area is 169 Å². The number of benzene rings is 1. The van der Waals surface area contributed by atoms with Gasteiger partial charge in [0.2, 0.25) is 0 Å². The lowest BCUT2D eigenvalue weighted by Crippen LogP contribution is -2.48. The number of ether oxygens (including phenoxy) is 1. The Morgan fingerprint density at radius 3 is 2.64 bits per heavy atom. The van der Waals surface area contributed by atoms with E-state index in [2.05, 4.69) is 19.2 Å². The van der Waals surface area contributed by atoms with E-state index in [0.29, 0.717) is 28.8 Å². The van der Waals surface area contributed by atoms with Crippen LogP contribution in [-0.2, 0) is 4.74 Å². The number of hydrogen-bond donors (Lipinski definition) is 2. The Balaban J connectivity index is 1.84. The van der Waals surface area contributed by atoms with E-state index in [1.54, 1.807) is 4.90 Å². The molecule has 28 heavy (non-hydrogen) atoms. The van der Waals surface area contributed by atoms with E-state index in [-0.39, 0.29) is 23.1 Å². The van der Waals surface area contributed by atoms with Gasteiger partial charge in [-0.25, -0.2) is 4.79 Å². The van der Waals surface area contributed by atoms with E-state index in [0.717, 1.165) is 0 Å². The molecule has 0 radical (unpaired) electrons. The molecule has 1 saturated heterocycles. The molecule has 2 fully saturated rings. The van der Waals surface area contributed by atoms with Crippen LogP contribution in [0.1, 0.15) is 34.6 Å². The molecule has 3 rings (SSSR count). The second-order valence-electron chi connectivity index (χ2n) is 9.05. The number of nitrogens with two attached hydrogens (primary N) is 1. The Bertz CT molecular complexity index is 849. The third-order valence-corrected chi connectivity index (χ3v) is 5.95. The van der Waals surface area contributed by atoms with Crippen LogP contribution in [0.3, 0.4) is 0 Å². The molecule has 8 nitrogen and oxygen atoms in total. The SMILES string of the molecule is CC(C)(C)OC(=O)N1C[C@H]2[C@@H]([C@H]1C(=S)Nc1cc([N+](=O)[O-])ccc1N)C2(C)C. The van der Waals surface area contributed by atoms with Gasteiger partial charge in [-0.2, -0.15) is 0 Å².